The number of carbonyl (C=O) groups excluding carboxylic acids is 2. The van der Waals surface area contributed by atoms with Gasteiger partial charge in [0.2, 0.25) is 5.91 Å². The van der Waals surface area contributed by atoms with E-state index in [1.54, 1.807) is 29.2 Å². The highest BCUT2D eigenvalue weighted by atomic mass is 32.1. The minimum atomic E-state index is -0.326. The van der Waals surface area contributed by atoms with Crippen molar-refractivity contribution in [2.75, 3.05) is 23.4 Å². The summed E-state index contributed by atoms with van der Waals surface area (Å²) in [6.45, 7) is 2.47. The summed E-state index contributed by atoms with van der Waals surface area (Å²) >= 11 is 1.35. The van der Waals surface area contributed by atoms with Crippen LogP contribution in [-0.2, 0) is 9.59 Å². The van der Waals surface area contributed by atoms with Crippen LogP contribution in [0.4, 0.5) is 15.2 Å². The van der Waals surface area contributed by atoms with E-state index in [1.807, 2.05) is 19.1 Å². The maximum Gasteiger partial charge on any atom is 0.264 e. The molecule has 8 heteroatoms. The van der Waals surface area contributed by atoms with E-state index >= 15 is 0 Å². The lowest BCUT2D eigenvalue weighted by Crippen LogP contribution is -2.23. The molecule has 0 atom stereocenters. The fourth-order valence-corrected chi connectivity index (χ4v) is 4.13. The molecule has 3 aromatic rings. The van der Waals surface area contributed by atoms with E-state index in [1.165, 1.54) is 23.5 Å². The van der Waals surface area contributed by atoms with E-state index in [9.17, 15) is 14.0 Å². The molecule has 2 heterocycles. The Kier molecular flexibility index (Phi) is 5.76. The van der Waals surface area contributed by atoms with Crippen LogP contribution in [0.2, 0.25) is 0 Å². The highest BCUT2D eigenvalue weighted by Gasteiger charge is 2.21. The van der Waals surface area contributed by atoms with Gasteiger partial charge in [0.1, 0.15) is 11.6 Å². The SMILES string of the molecule is Cc1sc(NC(=O)COc2ccc(N3CCCC3=O)cc2)nc1-c1ccc(F)cc1. The van der Waals surface area contributed by atoms with E-state index in [0.29, 0.717) is 23.0 Å². The van der Waals surface area contributed by atoms with Crippen molar-refractivity contribution in [2.45, 2.75) is 19.8 Å². The summed E-state index contributed by atoms with van der Waals surface area (Å²) in [5.41, 5.74) is 2.34. The molecule has 0 radical (unpaired) electrons. The van der Waals surface area contributed by atoms with Crippen LogP contribution in [0, 0.1) is 12.7 Å². The molecule has 1 N–H and O–H groups in total. The fraction of sp³-hybridized carbons (Fsp3) is 0.227. The van der Waals surface area contributed by atoms with E-state index < -0.39 is 0 Å². The number of aromatic nitrogens is 1. The molecular weight excluding hydrogens is 405 g/mol. The Balaban J connectivity index is 1.33. The molecule has 30 heavy (non-hydrogen) atoms. The van der Waals surface area contributed by atoms with Crippen LogP contribution in [0.1, 0.15) is 17.7 Å². The van der Waals surface area contributed by atoms with E-state index in [0.717, 1.165) is 29.1 Å². The molecule has 6 nitrogen and oxygen atoms in total. The Hall–Kier alpha value is -3.26. The minimum Gasteiger partial charge on any atom is -0.484 e. The first-order chi connectivity index (χ1) is 14.5. The molecular formula is C22H20FN3O3S. The van der Waals surface area contributed by atoms with Crippen LogP contribution in [0.15, 0.2) is 48.5 Å². The molecule has 1 aliphatic rings. The van der Waals surface area contributed by atoms with Crippen LogP contribution in [0.5, 0.6) is 5.75 Å². The highest BCUT2D eigenvalue weighted by Crippen LogP contribution is 2.30. The van der Waals surface area contributed by atoms with Crippen LogP contribution >= 0.6 is 11.3 Å². The third-order valence-corrected chi connectivity index (χ3v) is 5.64. The largest absolute Gasteiger partial charge is 0.484 e. The lowest BCUT2D eigenvalue weighted by molar-refractivity contribution is -0.118. The zero-order valence-electron chi connectivity index (χ0n) is 16.4. The molecule has 0 saturated carbocycles. The molecule has 1 fully saturated rings. The van der Waals surface area contributed by atoms with Gasteiger partial charge < -0.3 is 9.64 Å². The number of aryl methyl sites for hydroxylation is 1. The number of carbonyl (C=O) groups is 2. The van der Waals surface area contributed by atoms with Crippen LogP contribution in [-0.4, -0.2) is 29.9 Å². The topological polar surface area (TPSA) is 71.5 Å². The maximum atomic E-state index is 13.1. The number of ether oxygens (including phenoxy) is 1. The normalized spacial score (nSPS) is 13.5. The van der Waals surface area contributed by atoms with Gasteiger partial charge in [-0.3, -0.25) is 14.9 Å². The minimum absolute atomic E-state index is 0.127. The summed E-state index contributed by atoms with van der Waals surface area (Å²) < 4.78 is 18.7. The first-order valence-electron chi connectivity index (χ1n) is 9.56. The average molecular weight is 425 g/mol. The number of halogens is 1. The van der Waals surface area contributed by atoms with Crippen LogP contribution in [0.3, 0.4) is 0 Å². The number of rotatable bonds is 6. The van der Waals surface area contributed by atoms with Gasteiger partial charge >= 0.3 is 0 Å². The number of nitrogens with zero attached hydrogens (tertiary/aromatic N) is 2. The summed E-state index contributed by atoms with van der Waals surface area (Å²) in [5, 5.41) is 3.19. The number of benzene rings is 2. The predicted molar refractivity (Wildman–Crippen MR) is 114 cm³/mol. The molecule has 1 aromatic heterocycles. The van der Waals surface area contributed by atoms with Crippen LogP contribution < -0.4 is 15.0 Å². The summed E-state index contributed by atoms with van der Waals surface area (Å²) in [6, 6.07) is 13.2. The Bertz CT molecular complexity index is 1060. The number of hydrogen-bond donors (Lipinski definition) is 1. The quantitative estimate of drug-likeness (QED) is 0.635. The van der Waals surface area contributed by atoms with Gasteiger partial charge in [0, 0.05) is 29.1 Å². The van der Waals surface area contributed by atoms with Crippen molar-refractivity contribution in [3.63, 3.8) is 0 Å². The highest BCUT2D eigenvalue weighted by molar-refractivity contribution is 7.16. The summed E-state index contributed by atoms with van der Waals surface area (Å²) in [4.78, 5) is 31.1. The third-order valence-electron chi connectivity index (χ3n) is 4.75. The Morgan fingerprint density at radius 1 is 1.20 bits per heavy atom. The van der Waals surface area contributed by atoms with Crippen molar-refractivity contribution in [2.24, 2.45) is 0 Å². The summed E-state index contributed by atoms with van der Waals surface area (Å²) in [7, 11) is 0. The Morgan fingerprint density at radius 3 is 2.60 bits per heavy atom. The molecule has 1 saturated heterocycles. The van der Waals surface area contributed by atoms with Gasteiger partial charge in [-0.2, -0.15) is 0 Å². The van der Waals surface area contributed by atoms with Crippen molar-refractivity contribution in [3.05, 3.63) is 59.2 Å². The van der Waals surface area contributed by atoms with Crippen molar-refractivity contribution >= 4 is 34.0 Å². The average Bonchev–Trinajstić information content (AvgIpc) is 3.32. The fourth-order valence-electron chi connectivity index (χ4n) is 3.27. The van der Waals surface area contributed by atoms with E-state index in [2.05, 4.69) is 10.3 Å². The predicted octanol–water partition coefficient (Wildman–Crippen LogP) is 4.40. The zero-order valence-corrected chi connectivity index (χ0v) is 17.2. The number of anilines is 2. The first kappa shape index (κ1) is 20.0. The molecule has 0 aliphatic carbocycles. The molecule has 0 unspecified atom stereocenters. The van der Waals surface area contributed by atoms with Gasteiger partial charge in [-0.25, -0.2) is 9.37 Å². The second-order valence-corrected chi connectivity index (χ2v) is 8.11. The smallest absolute Gasteiger partial charge is 0.264 e. The van der Waals surface area contributed by atoms with E-state index in [4.69, 9.17) is 4.74 Å². The van der Waals surface area contributed by atoms with Gasteiger partial charge in [-0.1, -0.05) is 0 Å². The second-order valence-electron chi connectivity index (χ2n) is 6.91. The van der Waals surface area contributed by atoms with Gasteiger partial charge in [0.25, 0.3) is 5.91 Å². The maximum absolute atomic E-state index is 13.1. The zero-order chi connectivity index (χ0) is 21.1. The molecule has 154 valence electrons. The second kappa shape index (κ2) is 8.62. The number of nitrogens with one attached hydrogen (secondary N) is 1. The number of hydrogen-bond acceptors (Lipinski definition) is 5. The van der Waals surface area contributed by atoms with Crippen molar-refractivity contribution in [3.8, 4) is 17.0 Å². The standard InChI is InChI=1S/C22H20FN3O3S/c1-14-21(15-4-6-16(23)7-5-15)25-22(30-14)24-19(27)13-29-18-10-8-17(9-11-18)26-12-2-3-20(26)28/h4-11H,2-3,12-13H2,1H3,(H,24,25,27). The van der Waals surface area contributed by atoms with Gasteiger partial charge in [0.05, 0.1) is 5.69 Å². The summed E-state index contributed by atoms with van der Waals surface area (Å²) in [5.74, 6) is 0.0373. The molecule has 0 bridgehead atoms. The van der Waals surface area contributed by atoms with Gasteiger partial charge in [-0.05, 0) is 61.9 Å². The van der Waals surface area contributed by atoms with Gasteiger partial charge in [0.15, 0.2) is 11.7 Å². The molecule has 1 aliphatic heterocycles. The monoisotopic (exact) mass is 425 g/mol. The first-order valence-corrected chi connectivity index (χ1v) is 10.4. The lowest BCUT2D eigenvalue weighted by Gasteiger charge is -2.16. The molecule has 2 amide bonds. The Morgan fingerprint density at radius 2 is 1.93 bits per heavy atom. The van der Waals surface area contributed by atoms with Crippen molar-refractivity contribution < 1.29 is 18.7 Å². The van der Waals surface area contributed by atoms with Crippen molar-refractivity contribution in [1.82, 2.24) is 4.98 Å². The molecule has 2 aromatic carbocycles. The number of thiazole rings is 1. The van der Waals surface area contributed by atoms with E-state index in [-0.39, 0.29) is 24.2 Å². The molecule has 0 spiro atoms. The number of amides is 2. The van der Waals surface area contributed by atoms with Crippen LogP contribution in [0.25, 0.3) is 11.3 Å². The molecule has 4 rings (SSSR count). The third kappa shape index (κ3) is 4.49. The Labute approximate surface area is 177 Å². The van der Waals surface area contributed by atoms with Crippen molar-refractivity contribution in [1.29, 1.82) is 0 Å². The van der Waals surface area contributed by atoms with Gasteiger partial charge in [-0.15, -0.1) is 11.3 Å². The summed E-state index contributed by atoms with van der Waals surface area (Å²) in [6.07, 6.45) is 1.45. The lowest BCUT2D eigenvalue weighted by atomic mass is 10.1.